The van der Waals surface area contributed by atoms with Crippen LogP contribution in [0.1, 0.15) is 42.8 Å². The number of H-pyrrole nitrogens is 1. The topological polar surface area (TPSA) is 171 Å². The molecule has 6 aromatic rings. The summed E-state index contributed by atoms with van der Waals surface area (Å²) < 4.78 is 95.1. The Kier molecular flexibility index (Phi) is 13.2. The Hall–Kier alpha value is -5.23. The molecule has 0 amide bonds. The molecule has 0 aliphatic heterocycles. The highest BCUT2D eigenvalue weighted by molar-refractivity contribution is 9.10. The van der Waals surface area contributed by atoms with Crippen LogP contribution in [-0.4, -0.2) is 77.3 Å². The van der Waals surface area contributed by atoms with Gasteiger partial charge in [0.25, 0.3) is 0 Å². The van der Waals surface area contributed by atoms with Gasteiger partial charge in [0.2, 0.25) is 0 Å². The zero-order valence-corrected chi connectivity index (χ0v) is 35.5. The van der Waals surface area contributed by atoms with Gasteiger partial charge in [0.05, 0.1) is 45.1 Å². The first kappa shape index (κ1) is 43.4. The lowest BCUT2D eigenvalue weighted by Gasteiger charge is -2.28. The van der Waals surface area contributed by atoms with E-state index in [2.05, 4.69) is 26.0 Å². The van der Waals surface area contributed by atoms with Crippen molar-refractivity contribution >= 4 is 58.6 Å². The van der Waals surface area contributed by atoms with E-state index < -0.39 is 72.3 Å². The maximum Gasteiger partial charge on any atom is 0.334 e. The second-order valence-electron chi connectivity index (χ2n) is 14.2. The van der Waals surface area contributed by atoms with Crippen LogP contribution in [0.15, 0.2) is 101 Å². The summed E-state index contributed by atoms with van der Waals surface area (Å²) in [6, 6.07) is 23.1. The molecule has 0 saturated carbocycles. The average Bonchev–Trinajstić information content (AvgIpc) is 3.85. The van der Waals surface area contributed by atoms with E-state index in [9.17, 15) is 21.6 Å². The maximum atomic E-state index is 15.6. The number of aromatic nitrogens is 4. The number of hydrogen-bond donors (Lipinski definition) is 2. The fourth-order valence-corrected chi connectivity index (χ4v) is 10.4. The number of hydrogen-bond acceptors (Lipinski definition) is 10. The smallest absolute Gasteiger partial charge is 0.334 e. The number of nitrogens with zero attached hydrogens (tertiary/aromatic N) is 3. The molecule has 1 atom stereocenters. The van der Waals surface area contributed by atoms with Gasteiger partial charge in [-0.15, -0.1) is 0 Å². The number of ether oxygens (including phenoxy) is 2. The number of fused-ring (bicyclic) bond motifs is 1. The summed E-state index contributed by atoms with van der Waals surface area (Å²) in [6.45, 7) is 2.79. The molecule has 0 bridgehead atoms. The van der Waals surface area contributed by atoms with E-state index in [-0.39, 0.29) is 41.7 Å². The van der Waals surface area contributed by atoms with E-state index in [0.29, 0.717) is 32.1 Å². The summed E-state index contributed by atoms with van der Waals surface area (Å²) in [5.41, 5.74) is 1.51. The van der Waals surface area contributed by atoms with Gasteiger partial charge >= 0.3 is 5.97 Å². The van der Waals surface area contributed by atoms with Crippen LogP contribution in [0.25, 0.3) is 28.4 Å². The molecule has 2 N–H and O–H groups in total. The SMILES string of the molecule is C/C(=C\c1cccc(C(C)(CCS(=O)(=O)CCS(=O)(=O)CCO)c2nc(-c3cc(Oc4c(F)cc5[nH]ccc5c4Br)ccc3F)n(C)n2)c1)C(=O)OCc1ccccc1. The van der Waals surface area contributed by atoms with Crippen LogP contribution >= 0.6 is 15.9 Å². The Morgan fingerprint density at radius 2 is 1.66 bits per heavy atom. The van der Waals surface area contributed by atoms with Crippen LogP contribution in [0.2, 0.25) is 0 Å². The lowest BCUT2D eigenvalue weighted by molar-refractivity contribution is -0.140. The number of benzene rings is 4. The van der Waals surface area contributed by atoms with E-state index in [1.54, 1.807) is 63.5 Å². The standard InChI is InChI=1S/C42H41BrF2N4O8S2/c1-27(40(51)56-26-28-8-5-4-6-9-28)22-29-10-7-11-30(23-29)42(2,15-18-58(52,53)20-21-59(54,55)19-17-50)41-47-39(49(3)48-41)33-24-31(12-13-34(33)44)57-38-35(45)25-36-32(37(38)43)14-16-46-36/h4-14,16,22-25,46,50H,15,17-21,26H2,1-3H3/b27-22+. The number of carbonyl (C=O) groups excluding carboxylic acids is 1. The van der Waals surface area contributed by atoms with E-state index in [1.165, 1.54) is 22.9 Å². The molecule has 0 aliphatic rings. The quantitative estimate of drug-likeness (QED) is 0.0692. The van der Waals surface area contributed by atoms with Gasteiger partial charge < -0.3 is 19.6 Å². The van der Waals surface area contributed by atoms with Gasteiger partial charge in [0.1, 0.15) is 18.2 Å². The zero-order chi connectivity index (χ0) is 42.5. The summed E-state index contributed by atoms with van der Waals surface area (Å²) in [7, 11) is -6.24. The van der Waals surface area contributed by atoms with Gasteiger partial charge in [-0.3, -0.25) is 0 Å². The zero-order valence-electron chi connectivity index (χ0n) is 32.3. The van der Waals surface area contributed by atoms with Crippen LogP contribution in [0.5, 0.6) is 11.5 Å². The predicted octanol–water partition coefficient (Wildman–Crippen LogP) is 7.46. The van der Waals surface area contributed by atoms with Crippen molar-refractivity contribution in [2.75, 3.05) is 29.6 Å². The molecule has 2 heterocycles. The first-order chi connectivity index (χ1) is 28.0. The molecule has 310 valence electrons. The summed E-state index contributed by atoms with van der Waals surface area (Å²) >= 11 is 3.41. The molecule has 0 fully saturated rings. The van der Waals surface area contributed by atoms with Crippen molar-refractivity contribution < 1.29 is 45.0 Å². The van der Waals surface area contributed by atoms with E-state index in [0.717, 1.165) is 11.6 Å². The highest BCUT2D eigenvalue weighted by atomic mass is 79.9. The van der Waals surface area contributed by atoms with Gasteiger partial charge in [0, 0.05) is 35.8 Å². The molecule has 2 aromatic heterocycles. The van der Waals surface area contributed by atoms with Crippen molar-refractivity contribution in [1.82, 2.24) is 19.7 Å². The van der Waals surface area contributed by atoms with Crippen LogP contribution < -0.4 is 4.74 Å². The highest BCUT2D eigenvalue weighted by Crippen LogP contribution is 2.40. The minimum atomic E-state index is -3.98. The largest absolute Gasteiger partial charge is 0.457 e. The van der Waals surface area contributed by atoms with Crippen LogP contribution in [-0.2, 0) is 48.3 Å². The Balaban J connectivity index is 1.34. The minimum absolute atomic E-state index is 0.0339. The van der Waals surface area contributed by atoms with Crippen LogP contribution in [0, 0.1) is 11.6 Å². The molecule has 0 saturated heterocycles. The molecular weight excluding hydrogens is 871 g/mol. The number of aliphatic hydroxyl groups is 1. The van der Waals surface area contributed by atoms with Crippen molar-refractivity contribution in [2.45, 2.75) is 32.3 Å². The average molecular weight is 912 g/mol. The molecule has 4 aromatic carbocycles. The molecule has 17 heteroatoms. The van der Waals surface area contributed by atoms with Gasteiger partial charge in [-0.2, -0.15) is 5.10 Å². The normalized spacial score (nSPS) is 13.4. The maximum absolute atomic E-state index is 15.6. The van der Waals surface area contributed by atoms with E-state index in [1.807, 2.05) is 30.3 Å². The Morgan fingerprint density at radius 1 is 0.932 bits per heavy atom. The number of sulfone groups is 2. The molecule has 1 unspecified atom stereocenters. The monoisotopic (exact) mass is 910 g/mol. The van der Waals surface area contributed by atoms with Crippen LogP contribution in [0.4, 0.5) is 8.78 Å². The lowest BCUT2D eigenvalue weighted by Crippen LogP contribution is -2.30. The van der Waals surface area contributed by atoms with Crippen molar-refractivity contribution in [3.63, 3.8) is 0 Å². The van der Waals surface area contributed by atoms with Crippen molar-refractivity contribution in [2.24, 2.45) is 7.05 Å². The highest BCUT2D eigenvalue weighted by Gasteiger charge is 2.36. The van der Waals surface area contributed by atoms with Gasteiger partial charge in [-0.25, -0.2) is 40.1 Å². The number of rotatable bonds is 17. The predicted molar refractivity (Wildman–Crippen MR) is 224 cm³/mol. The molecule has 0 radical (unpaired) electrons. The molecule has 59 heavy (non-hydrogen) atoms. The number of aryl methyl sites for hydroxylation is 1. The molecule has 0 spiro atoms. The molecule has 6 rings (SSSR count). The van der Waals surface area contributed by atoms with Crippen molar-refractivity contribution in [1.29, 1.82) is 0 Å². The molecular formula is C42H41BrF2N4O8S2. The second-order valence-corrected chi connectivity index (χ2v) is 19.6. The Bertz CT molecular complexity index is 2760. The second kappa shape index (κ2) is 17.9. The van der Waals surface area contributed by atoms with Gasteiger partial charge in [0.15, 0.2) is 42.9 Å². The molecule has 12 nitrogen and oxygen atoms in total. The fraction of sp³-hybridized carbons (Fsp3) is 0.262. The van der Waals surface area contributed by atoms with E-state index in [4.69, 9.17) is 19.6 Å². The summed E-state index contributed by atoms with van der Waals surface area (Å²) in [5, 5.41) is 14.4. The van der Waals surface area contributed by atoms with Gasteiger partial charge in [-0.05, 0) is 83.2 Å². The fourth-order valence-electron chi connectivity index (χ4n) is 6.38. The van der Waals surface area contributed by atoms with Crippen molar-refractivity contribution in [3.8, 4) is 22.9 Å². The third-order valence-electron chi connectivity index (χ3n) is 9.82. The number of nitrogens with one attached hydrogen (secondary N) is 1. The summed E-state index contributed by atoms with van der Waals surface area (Å²) in [5.74, 6) is -4.06. The number of aliphatic hydroxyl groups excluding tert-OH is 1. The molecule has 0 aliphatic carbocycles. The number of halogens is 3. The lowest BCUT2D eigenvalue weighted by atomic mass is 9.78. The summed E-state index contributed by atoms with van der Waals surface area (Å²) in [6.07, 6.45) is 3.17. The first-order valence-electron chi connectivity index (χ1n) is 18.3. The number of aromatic amines is 1. The summed E-state index contributed by atoms with van der Waals surface area (Å²) in [4.78, 5) is 20.6. The third-order valence-corrected chi connectivity index (χ3v) is 14.1. The Morgan fingerprint density at radius 3 is 2.39 bits per heavy atom. The third kappa shape index (κ3) is 10.3. The van der Waals surface area contributed by atoms with E-state index >= 15 is 8.78 Å². The van der Waals surface area contributed by atoms with Gasteiger partial charge in [-0.1, -0.05) is 54.6 Å². The number of esters is 1. The first-order valence-corrected chi connectivity index (χ1v) is 22.8. The van der Waals surface area contributed by atoms with Crippen LogP contribution in [0.3, 0.4) is 0 Å². The number of carbonyl (C=O) groups is 1. The minimum Gasteiger partial charge on any atom is -0.457 e. The Labute approximate surface area is 348 Å². The van der Waals surface area contributed by atoms with Crippen molar-refractivity contribution in [3.05, 3.63) is 135 Å².